The number of benzene rings is 2. The van der Waals surface area contributed by atoms with Gasteiger partial charge in [-0.2, -0.15) is 0 Å². The third-order valence-electron chi connectivity index (χ3n) is 2.89. The molecular formula is C15H12FNO. The number of fused-ring (bicyclic) bond motifs is 1. The van der Waals surface area contributed by atoms with Crippen molar-refractivity contribution in [3.63, 3.8) is 0 Å². The predicted molar refractivity (Wildman–Crippen MR) is 69.0 cm³/mol. The average molecular weight is 241 g/mol. The lowest BCUT2D eigenvalue weighted by Crippen LogP contribution is -1.93. The Balaban J connectivity index is 1.85. The summed E-state index contributed by atoms with van der Waals surface area (Å²) in [4.78, 5) is 2.94. The van der Waals surface area contributed by atoms with Gasteiger partial charge >= 0.3 is 0 Å². The van der Waals surface area contributed by atoms with Crippen molar-refractivity contribution in [2.75, 3.05) is 0 Å². The quantitative estimate of drug-likeness (QED) is 0.739. The van der Waals surface area contributed by atoms with Gasteiger partial charge in [-0.25, -0.2) is 4.39 Å². The summed E-state index contributed by atoms with van der Waals surface area (Å²) in [5.41, 5.74) is 1.48. The van der Waals surface area contributed by atoms with Crippen LogP contribution in [0.2, 0.25) is 0 Å². The molecule has 0 unspecified atom stereocenters. The summed E-state index contributed by atoms with van der Waals surface area (Å²) in [5, 5.41) is 0.867. The van der Waals surface area contributed by atoms with Crippen molar-refractivity contribution in [3.8, 4) is 5.75 Å². The van der Waals surface area contributed by atoms with E-state index < -0.39 is 0 Å². The number of H-pyrrole nitrogens is 1. The molecule has 3 heteroatoms. The number of aromatic nitrogens is 1. The second-order valence-electron chi connectivity index (χ2n) is 4.08. The fourth-order valence-corrected chi connectivity index (χ4v) is 1.97. The Labute approximate surface area is 104 Å². The zero-order valence-electron chi connectivity index (χ0n) is 9.69. The van der Waals surface area contributed by atoms with Crippen LogP contribution in [0.4, 0.5) is 4.39 Å². The first-order valence-electron chi connectivity index (χ1n) is 5.77. The van der Waals surface area contributed by atoms with Crippen LogP contribution in [0, 0.1) is 5.82 Å². The van der Waals surface area contributed by atoms with Gasteiger partial charge in [-0.15, -0.1) is 0 Å². The molecule has 0 aliphatic rings. The summed E-state index contributed by atoms with van der Waals surface area (Å²) in [6, 6.07) is 14.6. The molecule has 0 aliphatic carbocycles. The number of aromatic amines is 1. The fourth-order valence-electron chi connectivity index (χ4n) is 1.97. The third-order valence-corrected chi connectivity index (χ3v) is 2.89. The molecule has 0 saturated carbocycles. The molecule has 0 amide bonds. The number of para-hydroxylation sites is 2. The molecule has 3 aromatic rings. The SMILES string of the molecule is Fc1cccc2c(COc3ccccc3)c[nH]c12. The minimum atomic E-state index is -0.238. The Morgan fingerprint density at radius 2 is 1.83 bits per heavy atom. The number of hydrogen-bond acceptors (Lipinski definition) is 1. The summed E-state index contributed by atoms with van der Waals surface area (Å²) in [6.07, 6.45) is 1.79. The lowest BCUT2D eigenvalue weighted by Gasteiger charge is -2.04. The van der Waals surface area contributed by atoms with E-state index in [2.05, 4.69) is 4.98 Å². The molecule has 3 rings (SSSR count). The highest BCUT2D eigenvalue weighted by Crippen LogP contribution is 2.22. The molecule has 2 nitrogen and oxygen atoms in total. The smallest absolute Gasteiger partial charge is 0.147 e. The predicted octanol–water partition coefficient (Wildman–Crippen LogP) is 3.89. The van der Waals surface area contributed by atoms with Crippen molar-refractivity contribution >= 4 is 10.9 Å². The largest absolute Gasteiger partial charge is 0.489 e. The van der Waals surface area contributed by atoms with E-state index >= 15 is 0 Å². The number of rotatable bonds is 3. The highest BCUT2D eigenvalue weighted by atomic mass is 19.1. The van der Waals surface area contributed by atoms with Crippen LogP contribution >= 0.6 is 0 Å². The van der Waals surface area contributed by atoms with Gasteiger partial charge in [0.15, 0.2) is 0 Å². The van der Waals surface area contributed by atoms with Gasteiger partial charge in [0.05, 0.1) is 5.52 Å². The van der Waals surface area contributed by atoms with Gasteiger partial charge < -0.3 is 9.72 Å². The Kier molecular flexibility index (Phi) is 2.73. The maximum absolute atomic E-state index is 13.5. The summed E-state index contributed by atoms with van der Waals surface area (Å²) >= 11 is 0. The molecule has 1 aromatic heterocycles. The number of ether oxygens (including phenoxy) is 1. The second kappa shape index (κ2) is 4.53. The summed E-state index contributed by atoms with van der Waals surface area (Å²) in [6.45, 7) is 0.424. The lowest BCUT2D eigenvalue weighted by molar-refractivity contribution is 0.307. The average Bonchev–Trinajstić information content (AvgIpc) is 2.82. The van der Waals surface area contributed by atoms with Crippen LogP contribution in [0.25, 0.3) is 10.9 Å². The van der Waals surface area contributed by atoms with Gasteiger partial charge in [0.25, 0.3) is 0 Å². The molecule has 2 aromatic carbocycles. The highest BCUT2D eigenvalue weighted by Gasteiger charge is 2.07. The normalized spacial score (nSPS) is 10.7. The molecule has 1 N–H and O–H groups in total. The molecule has 1 heterocycles. The van der Waals surface area contributed by atoms with Gasteiger partial charge in [-0.05, 0) is 18.2 Å². The number of nitrogens with one attached hydrogen (secondary N) is 1. The van der Waals surface area contributed by atoms with Crippen LogP contribution in [0.3, 0.4) is 0 Å². The lowest BCUT2D eigenvalue weighted by atomic mass is 10.2. The zero-order chi connectivity index (χ0) is 12.4. The van der Waals surface area contributed by atoms with Gasteiger partial charge in [0.1, 0.15) is 18.2 Å². The van der Waals surface area contributed by atoms with E-state index in [0.29, 0.717) is 12.1 Å². The van der Waals surface area contributed by atoms with Gasteiger partial charge in [0, 0.05) is 17.1 Å². The van der Waals surface area contributed by atoms with Crippen LogP contribution in [0.1, 0.15) is 5.56 Å². The molecule has 0 bridgehead atoms. The van der Waals surface area contributed by atoms with E-state index in [0.717, 1.165) is 16.7 Å². The fraction of sp³-hybridized carbons (Fsp3) is 0.0667. The molecule has 18 heavy (non-hydrogen) atoms. The third kappa shape index (κ3) is 1.95. The Morgan fingerprint density at radius 3 is 2.67 bits per heavy atom. The monoisotopic (exact) mass is 241 g/mol. The van der Waals surface area contributed by atoms with Crippen LogP contribution in [0.5, 0.6) is 5.75 Å². The molecule has 90 valence electrons. The molecule has 0 fully saturated rings. The van der Waals surface area contributed by atoms with Crippen molar-refractivity contribution in [1.29, 1.82) is 0 Å². The molecule has 0 saturated heterocycles. The first-order chi connectivity index (χ1) is 8.84. The maximum Gasteiger partial charge on any atom is 0.147 e. The van der Waals surface area contributed by atoms with Gasteiger partial charge in [-0.1, -0.05) is 30.3 Å². The first kappa shape index (κ1) is 10.8. The Bertz CT molecular complexity index is 661. The zero-order valence-corrected chi connectivity index (χ0v) is 9.69. The van der Waals surface area contributed by atoms with E-state index in [4.69, 9.17) is 4.74 Å². The van der Waals surface area contributed by atoms with Crippen molar-refractivity contribution in [2.24, 2.45) is 0 Å². The van der Waals surface area contributed by atoms with E-state index in [-0.39, 0.29) is 5.82 Å². The topological polar surface area (TPSA) is 25.0 Å². The molecule has 0 atom stereocenters. The summed E-state index contributed by atoms with van der Waals surface area (Å²) in [7, 11) is 0. The Hall–Kier alpha value is -2.29. The van der Waals surface area contributed by atoms with Crippen LogP contribution in [-0.4, -0.2) is 4.98 Å². The van der Waals surface area contributed by atoms with E-state index in [9.17, 15) is 4.39 Å². The second-order valence-corrected chi connectivity index (χ2v) is 4.08. The highest BCUT2D eigenvalue weighted by molar-refractivity contribution is 5.83. The number of hydrogen-bond donors (Lipinski definition) is 1. The van der Waals surface area contributed by atoms with Gasteiger partial charge in [-0.3, -0.25) is 0 Å². The van der Waals surface area contributed by atoms with Crippen LogP contribution in [-0.2, 0) is 6.61 Å². The maximum atomic E-state index is 13.5. The summed E-state index contributed by atoms with van der Waals surface area (Å²) in [5.74, 6) is 0.571. The van der Waals surface area contributed by atoms with Crippen molar-refractivity contribution < 1.29 is 9.13 Å². The van der Waals surface area contributed by atoms with Crippen molar-refractivity contribution in [3.05, 3.63) is 66.1 Å². The van der Waals surface area contributed by atoms with E-state index in [1.54, 1.807) is 12.3 Å². The summed E-state index contributed by atoms with van der Waals surface area (Å²) < 4.78 is 19.1. The van der Waals surface area contributed by atoms with Crippen LogP contribution in [0.15, 0.2) is 54.7 Å². The van der Waals surface area contributed by atoms with E-state index in [1.165, 1.54) is 6.07 Å². The van der Waals surface area contributed by atoms with Crippen LogP contribution < -0.4 is 4.74 Å². The van der Waals surface area contributed by atoms with Crippen molar-refractivity contribution in [1.82, 2.24) is 4.98 Å². The van der Waals surface area contributed by atoms with Crippen molar-refractivity contribution in [2.45, 2.75) is 6.61 Å². The minimum Gasteiger partial charge on any atom is -0.489 e. The molecule has 0 radical (unpaired) electrons. The minimum absolute atomic E-state index is 0.238. The van der Waals surface area contributed by atoms with Gasteiger partial charge in [0.2, 0.25) is 0 Å². The first-order valence-corrected chi connectivity index (χ1v) is 5.77. The van der Waals surface area contributed by atoms with E-state index in [1.807, 2.05) is 36.4 Å². The standard InChI is InChI=1S/C15H12FNO/c16-14-8-4-7-13-11(9-17-15(13)14)10-18-12-5-2-1-3-6-12/h1-9,17H,10H2. The Morgan fingerprint density at radius 1 is 1.00 bits per heavy atom. The molecule has 0 aliphatic heterocycles. The molecule has 0 spiro atoms. The number of halogens is 1. The molecular weight excluding hydrogens is 229 g/mol.